The van der Waals surface area contributed by atoms with Gasteiger partial charge >= 0.3 is 5.97 Å². The summed E-state index contributed by atoms with van der Waals surface area (Å²) < 4.78 is 6.03. The van der Waals surface area contributed by atoms with Gasteiger partial charge in [0.25, 0.3) is 0 Å². The summed E-state index contributed by atoms with van der Waals surface area (Å²) in [6, 6.07) is 0. The van der Waals surface area contributed by atoms with E-state index < -0.39 is 0 Å². The van der Waals surface area contributed by atoms with Crippen LogP contribution in [-0.4, -0.2) is 22.8 Å². The SMILES string of the molecule is C=C1C[C@]2(CC[C@H]3[C@@H]4CC=C5C[C@H](O)CC[C@]5(C)[C@H]4CC[C@@]32C)OC1=O. The Morgan fingerprint density at radius 1 is 1.15 bits per heavy atom. The molecule has 0 aromatic rings. The van der Waals surface area contributed by atoms with Crippen LogP contribution in [-0.2, 0) is 9.53 Å². The van der Waals surface area contributed by atoms with Crippen molar-refractivity contribution >= 4 is 5.97 Å². The van der Waals surface area contributed by atoms with Gasteiger partial charge < -0.3 is 9.84 Å². The lowest BCUT2D eigenvalue weighted by Gasteiger charge is -2.58. The molecule has 1 spiro atoms. The predicted octanol–water partition coefficient (Wildman–Crippen LogP) is 4.55. The molecule has 5 rings (SSSR count). The summed E-state index contributed by atoms with van der Waals surface area (Å²) >= 11 is 0. The number of carbonyl (C=O) groups is 1. The molecule has 26 heavy (non-hydrogen) atoms. The molecule has 3 nitrogen and oxygen atoms in total. The predicted molar refractivity (Wildman–Crippen MR) is 100 cm³/mol. The second-order valence-electron chi connectivity index (χ2n) is 10.3. The maximum Gasteiger partial charge on any atom is 0.334 e. The van der Waals surface area contributed by atoms with Gasteiger partial charge in [0.15, 0.2) is 0 Å². The highest BCUT2D eigenvalue weighted by atomic mass is 16.6. The first-order valence-corrected chi connectivity index (χ1v) is 10.6. The topological polar surface area (TPSA) is 46.5 Å². The van der Waals surface area contributed by atoms with Crippen molar-refractivity contribution in [2.45, 2.75) is 83.3 Å². The number of aliphatic hydroxyl groups excluding tert-OH is 1. The van der Waals surface area contributed by atoms with Gasteiger partial charge in [-0.2, -0.15) is 0 Å². The smallest absolute Gasteiger partial charge is 0.334 e. The molecule has 7 atom stereocenters. The van der Waals surface area contributed by atoms with Crippen molar-refractivity contribution in [1.82, 2.24) is 0 Å². The number of fused-ring (bicyclic) bond motifs is 6. The number of hydrogen-bond acceptors (Lipinski definition) is 3. The standard InChI is InChI=1S/C23H32O3/c1-14-13-23(26-20(14)25)11-8-19-17-5-4-15-12-16(24)6-9-21(15,2)18(17)7-10-22(19,23)3/h4,16-19,24H,1,5-13H2,2-3H3/t16-,17-,18+,19+,21+,22+,23+/m1/s1. The van der Waals surface area contributed by atoms with Gasteiger partial charge in [-0.3, -0.25) is 0 Å². The lowest BCUT2D eigenvalue weighted by Crippen LogP contribution is -2.54. The van der Waals surface area contributed by atoms with E-state index in [1.165, 1.54) is 18.4 Å². The van der Waals surface area contributed by atoms with Gasteiger partial charge in [-0.1, -0.05) is 32.1 Å². The van der Waals surface area contributed by atoms with Crippen LogP contribution < -0.4 is 0 Å². The monoisotopic (exact) mass is 356 g/mol. The average Bonchev–Trinajstić information content (AvgIpc) is 3.05. The lowest BCUT2D eigenvalue weighted by atomic mass is 9.47. The molecular formula is C23H32O3. The van der Waals surface area contributed by atoms with Gasteiger partial charge in [-0.05, 0) is 74.5 Å². The van der Waals surface area contributed by atoms with Crippen molar-refractivity contribution in [3.8, 4) is 0 Å². The summed E-state index contributed by atoms with van der Waals surface area (Å²) in [5.74, 6) is 1.91. The first kappa shape index (κ1) is 17.0. The largest absolute Gasteiger partial charge is 0.455 e. The average molecular weight is 357 g/mol. The minimum absolute atomic E-state index is 0.0964. The summed E-state index contributed by atoms with van der Waals surface area (Å²) in [6.45, 7) is 8.84. The van der Waals surface area contributed by atoms with Gasteiger partial charge in [0, 0.05) is 17.4 Å². The van der Waals surface area contributed by atoms with Gasteiger partial charge in [-0.25, -0.2) is 4.79 Å². The number of hydrogen-bond donors (Lipinski definition) is 1. The van der Waals surface area contributed by atoms with E-state index in [0.29, 0.717) is 17.4 Å². The first-order chi connectivity index (χ1) is 12.3. The highest BCUT2D eigenvalue weighted by Gasteiger charge is 2.67. The molecule has 0 aromatic carbocycles. The minimum atomic E-state index is -0.287. The summed E-state index contributed by atoms with van der Waals surface area (Å²) in [6.07, 6.45) is 11.7. The van der Waals surface area contributed by atoms with Crippen LogP contribution in [0.1, 0.15) is 71.6 Å². The van der Waals surface area contributed by atoms with Crippen LogP contribution in [0.3, 0.4) is 0 Å². The third-order valence-corrected chi connectivity index (χ3v) is 9.44. The normalized spacial score (nSPS) is 53.0. The molecule has 0 aromatic heterocycles. The number of allylic oxidation sites excluding steroid dienone is 1. The minimum Gasteiger partial charge on any atom is -0.455 e. The van der Waals surface area contributed by atoms with E-state index >= 15 is 0 Å². The molecule has 5 aliphatic rings. The van der Waals surface area contributed by atoms with Crippen molar-refractivity contribution in [2.24, 2.45) is 28.6 Å². The van der Waals surface area contributed by atoms with Crippen molar-refractivity contribution < 1.29 is 14.6 Å². The molecule has 1 N–H and O–H groups in total. The molecular weight excluding hydrogens is 324 g/mol. The number of ether oxygens (including phenoxy) is 1. The second-order valence-corrected chi connectivity index (χ2v) is 10.3. The summed E-state index contributed by atoms with van der Waals surface area (Å²) in [5, 5.41) is 10.1. The Balaban J connectivity index is 1.49. The fourth-order valence-corrected chi connectivity index (χ4v) is 7.89. The van der Waals surface area contributed by atoms with Gasteiger partial charge in [0.2, 0.25) is 0 Å². The van der Waals surface area contributed by atoms with E-state index in [1.54, 1.807) is 0 Å². The Hall–Kier alpha value is -1.09. The van der Waals surface area contributed by atoms with E-state index in [9.17, 15) is 9.90 Å². The number of rotatable bonds is 0. The fourth-order valence-electron chi connectivity index (χ4n) is 7.89. The van der Waals surface area contributed by atoms with Crippen LogP contribution in [0.15, 0.2) is 23.8 Å². The van der Waals surface area contributed by atoms with Gasteiger partial charge in [-0.15, -0.1) is 0 Å². The Labute approximate surface area is 156 Å². The van der Waals surface area contributed by atoms with E-state index in [0.717, 1.165) is 50.9 Å². The molecule has 0 unspecified atom stereocenters. The maximum atomic E-state index is 12.1. The van der Waals surface area contributed by atoms with Crippen LogP contribution in [0, 0.1) is 28.6 Å². The fraction of sp³-hybridized carbons (Fsp3) is 0.783. The van der Waals surface area contributed by atoms with Crippen molar-refractivity contribution in [2.75, 3.05) is 0 Å². The zero-order valence-corrected chi connectivity index (χ0v) is 16.2. The summed E-state index contributed by atoms with van der Waals surface area (Å²) in [4.78, 5) is 12.1. The molecule has 1 saturated heterocycles. The molecule has 0 radical (unpaired) electrons. The maximum absolute atomic E-state index is 12.1. The highest BCUT2D eigenvalue weighted by Crippen LogP contribution is 2.69. The van der Waals surface area contributed by atoms with E-state index in [4.69, 9.17) is 4.74 Å². The molecule has 142 valence electrons. The van der Waals surface area contributed by atoms with Crippen molar-refractivity contribution in [3.05, 3.63) is 23.8 Å². The van der Waals surface area contributed by atoms with Crippen LogP contribution in [0.2, 0.25) is 0 Å². The van der Waals surface area contributed by atoms with Crippen molar-refractivity contribution in [3.63, 3.8) is 0 Å². The van der Waals surface area contributed by atoms with Crippen LogP contribution in [0.4, 0.5) is 0 Å². The molecule has 1 aliphatic heterocycles. The molecule has 3 saturated carbocycles. The number of esters is 1. The molecule has 3 heteroatoms. The zero-order valence-electron chi connectivity index (χ0n) is 16.2. The van der Waals surface area contributed by atoms with Crippen LogP contribution in [0.25, 0.3) is 0 Å². The van der Waals surface area contributed by atoms with E-state index in [-0.39, 0.29) is 28.5 Å². The van der Waals surface area contributed by atoms with Crippen molar-refractivity contribution in [1.29, 1.82) is 0 Å². The number of aliphatic hydroxyl groups is 1. The zero-order chi connectivity index (χ0) is 18.3. The molecule has 1 heterocycles. The molecule has 4 aliphatic carbocycles. The van der Waals surface area contributed by atoms with Crippen LogP contribution in [0.5, 0.6) is 0 Å². The van der Waals surface area contributed by atoms with E-state index in [1.807, 2.05) is 0 Å². The summed E-state index contributed by atoms with van der Waals surface area (Å²) in [7, 11) is 0. The lowest BCUT2D eigenvalue weighted by molar-refractivity contribution is -0.166. The Morgan fingerprint density at radius 2 is 1.92 bits per heavy atom. The van der Waals surface area contributed by atoms with E-state index in [2.05, 4.69) is 26.5 Å². The second kappa shape index (κ2) is 5.25. The third-order valence-electron chi connectivity index (χ3n) is 9.44. The molecule has 0 amide bonds. The molecule has 0 bridgehead atoms. The third kappa shape index (κ3) is 1.96. The Morgan fingerprint density at radius 3 is 2.65 bits per heavy atom. The quantitative estimate of drug-likeness (QED) is 0.393. The summed E-state index contributed by atoms with van der Waals surface area (Å²) in [5.41, 5.74) is 2.28. The van der Waals surface area contributed by atoms with Crippen LogP contribution >= 0.6 is 0 Å². The first-order valence-electron chi connectivity index (χ1n) is 10.6. The Bertz CT molecular complexity index is 690. The van der Waals surface area contributed by atoms with Gasteiger partial charge in [0.05, 0.1) is 6.10 Å². The highest BCUT2D eigenvalue weighted by molar-refractivity contribution is 5.90. The Kier molecular flexibility index (Phi) is 3.44. The molecule has 4 fully saturated rings. The number of carbonyl (C=O) groups excluding carboxylic acids is 1. The van der Waals surface area contributed by atoms with Gasteiger partial charge in [0.1, 0.15) is 5.60 Å².